The Morgan fingerprint density at radius 2 is 2.22 bits per heavy atom. The number of hydrogen-bond acceptors (Lipinski definition) is 5. The topological polar surface area (TPSA) is 58.8 Å². The highest BCUT2D eigenvalue weighted by molar-refractivity contribution is 5.84. The molecule has 3 fully saturated rings. The van der Waals surface area contributed by atoms with Crippen LogP contribution >= 0.6 is 0 Å². The number of nitrogens with zero attached hydrogens (tertiary/aromatic N) is 3. The van der Waals surface area contributed by atoms with E-state index >= 15 is 0 Å². The van der Waals surface area contributed by atoms with Crippen molar-refractivity contribution in [3.63, 3.8) is 0 Å². The average Bonchev–Trinajstić information content (AvgIpc) is 3.27. The Morgan fingerprint density at radius 1 is 1.39 bits per heavy atom. The first-order valence-corrected chi connectivity index (χ1v) is 8.73. The minimum atomic E-state index is -0.346. The Hall–Kier alpha value is -1.40. The predicted molar refractivity (Wildman–Crippen MR) is 83.7 cm³/mol. The second kappa shape index (κ2) is 5.91. The first-order chi connectivity index (χ1) is 11.2. The molecule has 0 spiro atoms. The lowest BCUT2D eigenvalue weighted by molar-refractivity contribution is -0.149. The fourth-order valence-electron chi connectivity index (χ4n) is 4.43. The van der Waals surface area contributed by atoms with E-state index in [0.717, 1.165) is 69.9 Å². The number of fused-ring (bicyclic) bond motifs is 1. The van der Waals surface area contributed by atoms with Crippen LogP contribution < -0.4 is 0 Å². The Labute approximate surface area is 136 Å². The summed E-state index contributed by atoms with van der Waals surface area (Å²) in [6.45, 7) is 6.92. The standard InChI is InChI=1S/C17H25N3O3/c1-13-10-14(18-23-13)11-19-8-4-15-17(12-19,5-9-22-15)16(21)20-6-2-3-7-20/h10,15H,2-9,11-12H2,1H3/t15-,17-/m1/s1. The summed E-state index contributed by atoms with van der Waals surface area (Å²) >= 11 is 0. The summed E-state index contributed by atoms with van der Waals surface area (Å²) in [5.74, 6) is 1.15. The molecular formula is C17H25N3O3. The maximum absolute atomic E-state index is 13.2. The van der Waals surface area contributed by atoms with Gasteiger partial charge in [-0.15, -0.1) is 0 Å². The molecule has 4 rings (SSSR count). The summed E-state index contributed by atoms with van der Waals surface area (Å²) in [6.07, 6.45) is 4.13. The molecule has 126 valence electrons. The van der Waals surface area contributed by atoms with Gasteiger partial charge in [0.2, 0.25) is 5.91 Å². The molecule has 0 N–H and O–H groups in total. The first kappa shape index (κ1) is 15.1. The summed E-state index contributed by atoms with van der Waals surface area (Å²) in [6, 6.07) is 1.98. The highest BCUT2D eigenvalue weighted by atomic mass is 16.5. The monoisotopic (exact) mass is 319 g/mol. The lowest BCUT2D eigenvalue weighted by Gasteiger charge is -2.43. The first-order valence-electron chi connectivity index (χ1n) is 8.73. The van der Waals surface area contributed by atoms with Gasteiger partial charge in [0, 0.05) is 45.4 Å². The Balaban J connectivity index is 1.52. The zero-order valence-electron chi connectivity index (χ0n) is 13.8. The smallest absolute Gasteiger partial charge is 0.232 e. The SMILES string of the molecule is Cc1cc(CN2CC[C@H]3OCC[C@@]3(C(=O)N3CCCC3)C2)no1. The highest BCUT2D eigenvalue weighted by Gasteiger charge is 2.54. The van der Waals surface area contributed by atoms with Gasteiger partial charge in [-0.2, -0.15) is 0 Å². The number of piperidine rings is 1. The maximum atomic E-state index is 13.2. The number of rotatable bonds is 3. The van der Waals surface area contributed by atoms with Gasteiger partial charge < -0.3 is 14.2 Å². The van der Waals surface area contributed by atoms with E-state index < -0.39 is 0 Å². The summed E-state index contributed by atoms with van der Waals surface area (Å²) in [7, 11) is 0. The summed E-state index contributed by atoms with van der Waals surface area (Å²) in [4.78, 5) is 17.6. The molecule has 1 aromatic heterocycles. The molecule has 4 heterocycles. The van der Waals surface area contributed by atoms with Gasteiger partial charge in [0.1, 0.15) is 5.76 Å². The number of aryl methyl sites for hydroxylation is 1. The zero-order chi connectivity index (χ0) is 15.9. The van der Waals surface area contributed by atoms with Crippen LogP contribution in [0.25, 0.3) is 0 Å². The van der Waals surface area contributed by atoms with Crippen molar-refractivity contribution >= 4 is 5.91 Å². The van der Waals surface area contributed by atoms with E-state index in [1.54, 1.807) is 0 Å². The number of aromatic nitrogens is 1. The van der Waals surface area contributed by atoms with Crippen LogP contribution in [0.5, 0.6) is 0 Å². The van der Waals surface area contributed by atoms with Gasteiger partial charge in [0.25, 0.3) is 0 Å². The lowest BCUT2D eigenvalue weighted by atomic mass is 9.75. The quantitative estimate of drug-likeness (QED) is 0.847. The molecule has 3 aliphatic rings. The van der Waals surface area contributed by atoms with Crippen LogP contribution in [0.4, 0.5) is 0 Å². The number of amides is 1. The summed E-state index contributed by atoms with van der Waals surface area (Å²) in [5.41, 5.74) is 0.602. The number of carbonyl (C=O) groups excluding carboxylic acids is 1. The number of carbonyl (C=O) groups is 1. The summed E-state index contributed by atoms with van der Waals surface area (Å²) < 4.78 is 11.1. The third kappa shape index (κ3) is 2.68. The van der Waals surface area contributed by atoms with Gasteiger partial charge in [-0.3, -0.25) is 9.69 Å². The van der Waals surface area contributed by atoms with Crippen LogP contribution in [0.1, 0.15) is 37.1 Å². The van der Waals surface area contributed by atoms with Crippen molar-refractivity contribution in [1.82, 2.24) is 15.0 Å². The van der Waals surface area contributed by atoms with Crippen LogP contribution in [0.2, 0.25) is 0 Å². The molecule has 1 aromatic rings. The fraction of sp³-hybridized carbons (Fsp3) is 0.765. The predicted octanol–water partition coefficient (Wildman–Crippen LogP) is 1.59. The molecule has 0 aromatic carbocycles. The molecule has 3 saturated heterocycles. The molecule has 1 amide bonds. The van der Waals surface area contributed by atoms with Crippen molar-refractivity contribution in [3.05, 3.63) is 17.5 Å². The third-order valence-corrected chi connectivity index (χ3v) is 5.58. The van der Waals surface area contributed by atoms with Gasteiger partial charge in [-0.25, -0.2) is 0 Å². The number of ether oxygens (including phenoxy) is 1. The minimum Gasteiger partial charge on any atom is -0.377 e. The van der Waals surface area contributed by atoms with Crippen molar-refractivity contribution in [1.29, 1.82) is 0 Å². The van der Waals surface area contributed by atoms with E-state index in [9.17, 15) is 4.79 Å². The molecule has 0 radical (unpaired) electrons. The largest absolute Gasteiger partial charge is 0.377 e. The number of likely N-dealkylation sites (tertiary alicyclic amines) is 2. The van der Waals surface area contributed by atoms with Gasteiger partial charge >= 0.3 is 0 Å². The molecular weight excluding hydrogens is 294 g/mol. The van der Waals surface area contributed by atoms with Crippen molar-refractivity contribution in [2.24, 2.45) is 5.41 Å². The molecule has 2 atom stereocenters. The van der Waals surface area contributed by atoms with Crippen molar-refractivity contribution in [2.45, 2.75) is 45.3 Å². The molecule has 0 bridgehead atoms. The van der Waals surface area contributed by atoms with Gasteiger partial charge in [0.05, 0.1) is 17.2 Å². The lowest BCUT2D eigenvalue weighted by Crippen LogP contribution is -2.57. The zero-order valence-corrected chi connectivity index (χ0v) is 13.8. The molecule has 6 nitrogen and oxygen atoms in total. The van der Waals surface area contributed by atoms with Crippen LogP contribution in [0.3, 0.4) is 0 Å². The minimum absolute atomic E-state index is 0.0888. The number of hydrogen-bond donors (Lipinski definition) is 0. The molecule has 0 saturated carbocycles. The second-order valence-corrected chi connectivity index (χ2v) is 7.19. The maximum Gasteiger partial charge on any atom is 0.232 e. The molecule has 0 unspecified atom stereocenters. The van der Waals surface area contributed by atoms with Crippen molar-refractivity contribution in [3.8, 4) is 0 Å². The van der Waals surface area contributed by atoms with Crippen molar-refractivity contribution < 1.29 is 14.1 Å². The normalized spacial score (nSPS) is 31.5. The molecule has 23 heavy (non-hydrogen) atoms. The highest BCUT2D eigenvalue weighted by Crippen LogP contribution is 2.43. The van der Waals surface area contributed by atoms with Crippen LogP contribution in [-0.2, 0) is 16.1 Å². The van der Waals surface area contributed by atoms with E-state index in [1.807, 2.05) is 13.0 Å². The molecule has 6 heteroatoms. The summed E-state index contributed by atoms with van der Waals surface area (Å²) in [5, 5.41) is 4.10. The van der Waals surface area contributed by atoms with Gasteiger partial charge in [-0.05, 0) is 32.6 Å². The van der Waals surface area contributed by atoms with E-state index in [-0.39, 0.29) is 11.5 Å². The van der Waals surface area contributed by atoms with Gasteiger partial charge in [-0.1, -0.05) is 5.16 Å². The van der Waals surface area contributed by atoms with Crippen molar-refractivity contribution in [2.75, 3.05) is 32.8 Å². The third-order valence-electron chi connectivity index (χ3n) is 5.58. The second-order valence-electron chi connectivity index (χ2n) is 7.19. The van der Waals surface area contributed by atoms with E-state index in [0.29, 0.717) is 12.5 Å². The van der Waals surface area contributed by atoms with Crippen LogP contribution in [0.15, 0.2) is 10.6 Å². The fourth-order valence-corrected chi connectivity index (χ4v) is 4.43. The molecule has 3 aliphatic heterocycles. The Kier molecular flexibility index (Phi) is 3.89. The van der Waals surface area contributed by atoms with Crippen LogP contribution in [0, 0.1) is 12.3 Å². The van der Waals surface area contributed by atoms with Gasteiger partial charge in [0.15, 0.2) is 0 Å². The van der Waals surface area contributed by atoms with Crippen LogP contribution in [-0.4, -0.2) is 59.8 Å². The van der Waals surface area contributed by atoms with E-state index in [4.69, 9.17) is 9.26 Å². The Morgan fingerprint density at radius 3 is 2.96 bits per heavy atom. The Bertz CT molecular complexity index is 581. The molecule has 0 aliphatic carbocycles. The average molecular weight is 319 g/mol. The van der Waals surface area contributed by atoms with E-state index in [2.05, 4.69) is 15.0 Å². The van der Waals surface area contributed by atoms with E-state index in [1.165, 1.54) is 0 Å².